The molecule has 0 N–H and O–H groups in total. The van der Waals surface area contributed by atoms with E-state index >= 15 is 0 Å². The first-order valence-corrected chi connectivity index (χ1v) is 8.61. The van der Waals surface area contributed by atoms with Crippen LogP contribution in [0.1, 0.15) is 37.0 Å². The van der Waals surface area contributed by atoms with Gasteiger partial charge in [0.1, 0.15) is 18.1 Å². The Hall–Kier alpha value is -1.71. The van der Waals surface area contributed by atoms with Crippen LogP contribution in [0.3, 0.4) is 0 Å². The molecule has 0 aliphatic carbocycles. The molecule has 0 radical (unpaired) electrons. The molecule has 5 heteroatoms. The molecule has 0 aliphatic heterocycles. The SMILES string of the molecule is CCC(=O)Oc1cccc(Cl)c1COc1cc(C)c(CC)cc1Cl. The smallest absolute Gasteiger partial charge is 0.310 e. The highest BCUT2D eigenvalue weighted by molar-refractivity contribution is 6.32. The van der Waals surface area contributed by atoms with Crippen molar-refractivity contribution >= 4 is 29.2 Å². The van der Waals surface area contributed by atoms with Crippen molar-refractivity contribution in [1.29, 1.82) is 0 Å². The number of benzene rings is 2. The quantitative estimate of drug-likeness (QED) is 0.481. The van der Waals surface area contributed by atoms with Gasteiger partial charge in [-0.3, -0.25) is 4.79 Å². The van der Waals surface area contributed by atoms with Crippen LogP contribution >= 0.6 is 23.2 Å². The van der Waals surface area contributed by atoms with Crippen LogP contribution in [0.5, 0.6) is 11.5 Å². The molecule has 0 saturated heterocycles. The van der Waals surface area contributed by atoms with Gasteiger partial charge in [-0.15, -0.1) is 0 Å². The van der Waals surface area contributed by atoms with E-state index in [2.05, 4.69) is 6.92 Å². The van der Waals surface area contributed by atoms with Crippen LogP contribution in [0.25, 0.3) is 0 Å². The van der Waals surface area contributed by atoms with Gasteiger partial charge in [0.2, 0.25) is 0 Å². The van der Waals surface area contributed by atoms with Gasteiger partial charge in [0.25, 0.3) is 0 Å². The van der Waals surface area contributed by atoms with Crippen molar-refractivity contribution < 1.29 is 14.3 Å². The molecule has 2 aromatic rings. The summed E-state index contributed by atoms with van der Waals surface area (Å²) < 4.78 is 11.2. The fraction of sp³-hybridized carbons (Fsp3) is 0.316. The van der Waals surface area contributed by atoms with Crippen molar-refractivity contribution in [2.24, 2.45) is 0 Å². The Balaban J connectivity index is 2.23. The van der Waals surface area contributed by atoms with Crippen LogP contribution in [-0.4, -0.2) is 5.97 Å². The van der Waals surface area contributed by atoms with E-state index < -0.39 is 0 Å². The summed E-state index contributed by atoms with van der Waals surface area (Å²) in [6.07, 6.45) is 1.20. The molecular weight excluding hydrogens is 347 g/mol. The number of carbonyl (C=O) groups is 1. The summed E-state index contributed by atoms with van der Waals surface area (Å²) in [6, 6.07) is 8.99. The van der Waals surface area contributed by atoms with Crippen molar-refractivity contribution in [3.05, 3.63) is 57.1 Å². The van der Waals surface area contributed by atoms with E-state index in [0.717, 1.165) is 12.0 Å². The lowest BCUT2D eigenvalue weighted by atomic mass is 10.1. The van der Waals surface area contributed by atoms with Gasteiger partial charge in [-0.25, -0.2) is 0 Å². The molecule has 0 amide bonds. The minimum absolute atomic E-state index is 0.163. The summed E-state index contributed by atoms with van der Waals surface area (Å²) >= 11 is 12.5. The lowest BCUT2D eigenvalue weighted by molar-refractivity contribution is -0.134. The van der Waals surface area contributed by atoms with Crippen molar-refractivity contribution in [2.45, 2.75) is 40.2 Å². The van der Waals surface area contributed by atoms with E-state index in [-0.39, 0.29) is 19.0 Å². The topological polar surface area (TPSA) is 35.5 Å². The van der Waals surface area contributed by atoms with E-state index in [4.69, 9.17) is 32.7 Å². The summed E-state index contributed by atoms with van der Waals surface area (Å²) in [4.78, 5) is 11.6. The van der Waals surface area contributed by atoms with Gasteiger partial charge in [-0.05, 0) is 48.7 Å². The van der Waals surface area contributed by atoms with E-state index in [1.54, 1.807) is 25.1 Å². The molecule has 3 nitrogen and oxygen atoms in total. The third-order valence-electron chi connectivity index (χ3n) is 3.73. The minimum Gasteiger partial charge on any atom is -0.487 e. The maximum absolute atomic E-state index is 11.6. The molecule has 0 aromatic heterocycles. The third kappa shape index (κ3) is 4.43. The number of halogens is 2. The maximum Gasteiger partial charge on any atom is 0.310 e. The van der Waals surface area contributed by atoms with Crippen LogP contribution in [-0.2, 0) is 17.8 Å². The first-order chi connectivity index (χ1) is 11.5. The molecule has 0 bridgehead atoms. The lowest BCUT2D eigenvalue weighted by Crippen LogP contribution is -2.09. The molecule has 0 spiro atoms. The molecule has 0 heterocycles. The summed E-state index contributed by atoms with van der Waals surface area (Å²) in [5, 5.41) is 1.03. The van der Waals surface area contributed by atoms with Gasteiger partial charge in [-0.1, -0.05) is 43.1 Å². The second-order valence-corrected chi connectivity index (χ2v) is 6.21. The third-order valence-corrected chi connectivity index (χ3v) is 4.38. The van der Waals surface area contributed by atoms with E-state index in [1.807, 2.05) is 19.1 Å². The predicted octanol–water partition coefficient (Wildman–Crippen LogP) is 5.76. The summed E-state index contributed by atoms with van der Waals surface area (Å²) in [5.41, 5.74) is 2.92. The first kappa shape index (κ1) is 18.6. The van der Waals surface area contributed by atoms with Crippen LogP contribution in [0.2, 0.25) is 10.0 Å². The highest BCUT2D eigenvalue weighted by Crippen LogP contribution is 2.32. The van der Waals surface area contributed by atoms with Crippen LogP contribution in [0.4, 0.5) is 0 Å². The second kappa shape index (κ2) is 8.41. The molecular formula is C19H20Cl2O3. The summed E-state index contributed by atoms with van der Waals surface area (Å²) in [5.74, 6) is 0.672. The summed E-state index contributed by atoms with van der Waals surface area (Å²) in [7, 11) is 0. The lowest BCUT2D eigenvalue weighted by Gasteiger charge is -2.15. The Bertz CT molecular complexity index is 742. The van der Waals surface area contributed by atoms with Gasteiger partial charge in [-0.2, -0.15) is 0 Å². The predicted molar refractivity (Wildman–Crippen MR) is 97.3 cm³/mol. The van der Waals surface area contributed by atoms with E-state index in [1.165, 1.54) is 5.56 Å². The van der Waals surface area contributed by atoms with Crippen molar-refractivity contribution in [1.82, 2.24) is 0 Å². The number of carbonyl (C=O) groups excluding carboxylic acids is 1. The largest absolute Gasteiger partial charge is 0.487 e. The Morgan fingerprint density at radius 2 is 1.83 bits per heavy atom. The Morgan fingerprint density at radius 1 is 1.08 bits per heavy atom. The minimum atomic E-state index is -0.320. The van der Waals surface area contributed by atoms with Gasteiger partial charge >= 0.3 is 5.97 Å². The van der Waals surface area contributed by atoms with Gasteiger partial charge < -0.3 is 9.47 Å². The number of ether oxygens (including phenoxy) is 2. The molecule has 0 aliphatic rings. The maximum atomic E-state index is 11.6. The van der Waals surface area contributed by atoms with Crippen LogP contribution < -0.4 is 9.47 Å². The van der Waals surface area contributed by atoms with Crippen molar-refractivity contribution in [3.63, 3.8) is 0 Å². The van der Waals surface area contributed by atoms with Gasteiger partial charge in [0, 0.05) is 6.42 Å². The first-order valence-electron chi connectivity index (χ1n) is 7.86. The van der Waals surface area contributed by atoms with Gasteiger partial charge in [0.05, 0.1) is 15.6 Å². The second-order valence-electron chi connectivity index (χ2n) is 5.40. The monoisotopic (exact) mass is 366 g/mol. The number of aryl methyl sites for hydroxylation is 2. The number of esters is 1. The zero-order chi connectivity index (χ0) is 17.7. The number of rotatable bonds is 6. The highest BCUT2D eigenvalue weighted by Gasteiger charge is 2.14. The standard InChI is InChI=1S/C19H20Cl2O3/c1-4-13-10-16(21)18(9-12(13)3)23-11-14-15(20)7-6-8-17(14)24-19(22)5-2/h6-10H,4-5,11H2,1-3H3. The zero-order valence-corrected chi connectivity index (χ0v) is 15.5. The zero-order valence-electron chi connectivity index (χ0n) is 14.0. The van der Waals surface area contributed by atoms with Crippen LogP contribution in [0.15, 0.2) is 30.3 Å². The van der Waals surface area contributed by atoms with Crippen LogP contribution in [0, 0.1) is 6.92 Å². The molecule has 128 valence electrons. The Morgan fingerprint density at radius 3 is 2.50 bits per heavy atom. The van der Waals surface area contributed by atoms with E-state index in [9.17, 15) is 4.79 Å². The Kier molecular flexibility index (Phi) is 6.52. The average molecular weight is 367 g/mol. The molecule has 2 aromatic carbocycles. The fourth-order valence-electron chi connectivity index (χ4n) is 2.31. The Labute approximate surface area is 152 Å². The molecule has 0 saturated carbocycles. The summed E-state index contributed by atoms with van der Waals surface area (Å²) in [6.45, 7) is 6.00. The van der Waals surface area contributed by atoms with E-state index in [0.29, 0.717) is 27.1 Å². The normalized spacial score (nSPS) is 10.5. The molecule has 24 heavy (non-hydrogen) atoms. The fourth-order valence-corrected chi connectivity index (χ4v) is 2.77. The molecule has 0 unspecified atom stereocenters. The van der Waals surface area contributed by atoms with Gasteiger partial charge in [0.15, 0.2) is 0 Å². The number of hydrogen-bond donors (Lipinski definition) is 0. The molecule has 0 fully saturated rings. The molecule has 0 atom stereocenters. The highest BCUT2D eigenvalue weighted by atomic mass is 35.5. The van der Waals surface area contributed by atoms with Crippen molar-refractivity contribution in [3.8, 4) is 11.5 Å². The van der Waals surface area contributed by atoms with Crippen molar-refractivity contribution in [2.75, 3.05) is 0 Å². The average Bonchev–Trinajstić information content (AvgIpc) is 2.56. The number of hydrogen-bond acceptors (Lipinski definition) is 3. The molecule has 2 rings (SSSR count).